The van der Waals surface area contributed by atoms with Crippen molar-refractivity contribution in [2.45, 2.75) is 13.8 Å². The molecule has 0 amide bonds. The first-order valence-corrected chi connectivity index (χ1v) is 3.72. The van der Waals surface area contributed by atoms with E-state index < -0.39 is 11.9 Å². The van der Waals surface area contributed by atoms with Gasteiger partial charge in [-0.15, -0.1) is 0 Å². The maximum Gasteiger partial charge on any atom is 0.330 e. The monoisotopic (exact) mass is 174 g/mol. The van der Waals surface area contributed by atoms with E-state index in [1.54, 1.807) is 13.8 Å². The number of hydrogen-bond acceptors (Lipinski definition) is 4. The van der Waals surface area contributed by atoms with Crippen molar-refractivity contribution in [3.05, 3.63) is 12.2 Å². The Balaban J connectivity index is 3.73. The Morgan fingerprint density at radius 3 is 1.58 bits per heavy atom. The van der Waals surface area contributed by atoms with Crippen molar-refractivity contribution in [3.8, 4) is 0 Å². The van der Waals surface area contributed by atoms with E-state index in [9.17, 15) is 9.59 Å². The van der Waals surface area contributed by atoms with Crippen LogP contribution < -0.4 is 0 Å². The Labute approximate surface area is 71.2 Å². The molecule has 0 saturated heterocycles. The Bertz CT molecular complexity index is 163. The molecule has 68 valence electrons. The van der Waals surface area contributed by atoms with Gasteiger partial charge in [-0.2, -0.15) is 0 Å². The summed E-state index contributed by atoms with van der Waals surface area (Å²) >= 11 is 0. The molecule has 0 unspecified atom stereocenters. The second-order valence-corrected chi connectivity index (χ2v) is 1.84. The molecule has 0 N–H and O–H groups in total. The minimum atomic E-state index is -0.537. The topological polar surface area (TPSA) is 52.6 Å². The van der Waals surface area contributed by atoms with Gasteiger partial charge in [0.25, 0.3) is 0 Å². The molecule has 4 nitrogen and oxygen atoms in total. The van der Waals surface area contributed by atoms with E-state index in [1.807, 2.05) is 0 Å². The van der Waals surface area contributed by atoms with Gasteiger partial charge in [0.05, 0.1) is 13.2 Å². The van der Waals surface area contributed by atoms with E-state index in [0.717, 1.165) is 12.2 Å². The molecule has 0 atom stereocenters. The highest BCUT2D eigenvalue weighted by Crippen LogP contribution is 1.84. The van der Waals surface area contributed by atoms with Crippen molar-refractivity contribution in [1.29, 1.82) is 0 Å². The van der Waals surface area contributed by atoms with Gasteiger partial charge in [-0.05, 0) is 13.8 Å². The quantitative estimate of drug-likeness (QED) is 0.357. The minimum absolute atomic E-state index is 0.298. The summed E-state index contributed by atoms with van der Waals surface area (Å²) in [5.74, 6) is -1.07. The fraction of sp³-hybridized carbons (Fsp3) is 0.500. The van der Waals surface area contributed by atoms with Gasteiger partial charge in [0, 0.05) is 12.2 Å². The van der Waals surface area contributed by atoms with Crippen LogP contribution in [-0.2, 0) is 19.1 Å². The van der Waals surface area contributed by atoms with Crippen LogP contribution in [0, 0.1) is 0 Å². The van der Waals surface area contributed by atoms with Crippen LogP contribution in [-0.4, -0.2) is 25.2 Å². The molecule has 0 spiro atoms. The highest BCUT2D eigenvalue weighted by Gasteiger charge is 1.97. The molecule has 0 aliphatic heterocycles. The molecule has 4 heteroatoms. The minimum Gasteiger partial charge on any atom is -0.463 e. The highest BCUT2D eigenvalue weighted by atomic mass is 16.6. The lowest BCUT2D eigenvalue weighted by atomic mass is 10.8. The fourth-order valence-electron chi connectivity index (χ4n) is 0.517. The largest absolute Gasteiger partial charge is 0.463 e. The molecule has 0 rings (SSSR count). The van der Waals surface area contributed by atoms with Crippen LogP contribution in [0.25, 0.3) is 0 Å². The lowest BCUT2D eigenvalue weighted by molar-refractivity contribution is -0.140. The summed E-state index contributed by atoms with van der Waals surface area (Å²) in [6, 6.07) is 0. The summed E-state index contributed by atoms with van der Waals surface area (Å²) in [5.41, 5.74) is 0. The maximum atomic E-state index is 10.6. The molecule has 0 aliphatic carbocycles. The number of rotatable bonds is 4. The van der Waals surface area contributed by atoms with E-state index in [-0.39, 0.29) is 0 Å². The van der Waals surface area contributed by atoms with Crippen LogP contribution in [0.1, 0.15) is 13.8 Å². The second-order valence-electron chi connectivity index (χ2n) is 1.84. The highest BCUT2D eigenvalue weighted by molar-refractivity contribution is 5.91. The van der Waals surface area contributed by atoms with Gasteiger partial charge in [-0.3, -0.25) is 0 Å². The van der Waals surface area contributed by atoms with Gasteiger partial charge < -0.3 is 9.47 Å². The molecule has 0 bridgehead atoms. The molecule has 0 fully saturated rings. The molecule has 0 radical (unpaired) electrons. The first-order chi connectivity index (χ1) is 5.70. The fourth-order valence-corrected chi connectivity index (χ4v) is 0.517. The molecule has 0 saturated carbocycles. The van der Waals surface area contributed by atoms with Crippen LogP contribution in [0.5, 0.6) is 0 Å². The zero-order valence-corrected chi connectivity index (χ0v) is 7.20. The van der Waals surface area contributed by atoms with Crippen molar-refractivity contribution in [2.24, 2.45) is 0 Å². The van der Waals surface area contributed by atoms with E-state index in [0.29, 0.717) is 13.2 Å². The van der Waals surface area contributed by atoms with Crippen LogP contribution in [0.2, 0.25) is 0 Å². The number of carbonyl (C=O) groups is 2. The zero-order chi connectivity index (χ0) is 9.40. The third kappa shape index (κ3) is 5.46. The lowest BCUT2D eigenvalue weighted by Crippen LogP contribution is -2.03. The van der Waals surface area contributed by atoms with Crippen molar-refractivity contribution in [1.82, 2.24) is 0 Å². The third-order valence-corrected chi connectivity index (χ3v) is 0.929. The SMILES string of the molecule is CCO[13C](=O)/C=C/[13C](=O)OCC. The Morgan fingerprint density at radius 1 is 1.00 bits per heavy atom. The van der Waals surface area contributed by atoms with Gasteiger partial charge >= 0.3 is 11.9 Å². The first kappa shape index (κ1) is 10.7. The Hall–Kier alpha value is -1.32. The van der Waals surface area contributed by atoms with E-state index in [4.69, 9.17) is 0 Å². The van der Waals surface area contributed by atoms with Gasteiger partial charge in [0.2, 0.25) is 0 Å². The third-order valence-electron chi connectivity index (χ3n) is 0.929. The van der Waals surface area contributed by atoms with Crippen molar-refractivity contribution >= 4 is 11.9 Å². The van der Waals surface area contributed by atoms with Crippen LogP contribution in [0.3, 0.4) is 0 Å². The normalized spacial score (nSPS) is 9.83. The average molecular weight is 174 g/mol. The Morgan fingerprint density at radius 2 is 1.33 bits per heavy atom. The molecule has 0 aromatic rings. The molecular weight excluding hydrogens is 162 g/mol. The van der Waals surface area contributed by atoms with Crippen LogP contribution in [0.4, 0.5) is 0 Å². The molecule has 0 heterocycles. The number of ether oxygens (including phenoxy) is 2. The predicted octanol–water partition coefficient (Wildman–Crippen LogP) is 0.669. The van der Waals surface area contributed by atoms with E-state index >= 15 is 0 Å². The zero-order valence-electron chi connectivity index (χ0n) is 7.20. The molecular formula is C8H12O4. The summed E-state index contributed by atoms with van der Waals surface area (Å²) < 4.78 is 9.07. The van der Waals surface area contributed by atoms with Crippen LogP contribution >= 0.6 is 0 Å². The standard InChI is InChI=1S/C8H12O4/c1-3-11-7(9)5-6-8(10)12-4-2/h5-6H,3-4H2,1-2H3/b6-5+/i7+1,8+1. The van der Waals surface area contributed by atoms with Gasteiger partial charge in [0.15, 0.2) is 0 Å². The van der Waals surface area contributed by atoms with Gasteiger partial charge in [-0.25, -0.2) is 9.59 Å². The molecule has 0 aliphatic rings. The number of carbonyl (C=O) groups excluding carboxylic acids is 2. The molecule has 12 heavy (non-hydrogen) atoms. The maximum absolute atomic E-state index is 10.6. The smallest absolute Gasteiger partial charge is 0.330 e. The van der Waals surface area contributed by atoms with Crippen molar-refractivity contribution < 1.29 is 19.1 Å². The van der Waals surface area contributed by atoms with E-state index in [1.165, 1.54) is 0 Å². The number of esters is 2. The summed E-state index contributed by atoms with van der Waals surface area (Å²) in [5, 5.41) is 0. The van der Waals surface area contributed by atoms with Gasteiger partial charge in [0.1, 0.15) is 0 Å². The van der Waals surface area contributed by atoms with Crippen molar-refractivity contribution in [2.75, 3.05) is 13.2 Å². The van der Waals surface area contributed by atoms with E-state index in [2.05, 4.69) is 9.47 Å². The molecule has 0 aromatic carbocycles. The second kappa shape index (κ2) is 6.39. The van der Waals surface area contributed by atoms with Gasteiger partial charge in [-0.1, -0.05) is 0 Å². The molecule has 0 aromatic heterocycles. The lowest BCUT2D eigenvalue weighted by Gasteiger charge is -1.95. The summed E-state index contributed by atoms with van der Waals surface area (Å²) in [4.78, 5) is 21.3. The van der Waals surface area contributed by atoms with Crippen molar-refractivity contribution in [3.63, 3.8) is 0 Å². The average Bonchev–Trinajstić information content (AvgIpc) is 2.02. The summed E-state index contributed by atoms with van der Waals surface area (Å²) in [7, 11) is 0. The summed E-state index contributed by atoms with van der Waals surface area (Å²) in [6.45, 7) is 3.98. The van der Waals surface area contributed by atoms with Crippen LogP contribution in [0.15, 0.2) is 12.2 Å². The predicted molar refractivity (Wildman–Crippen MR) is 42.4 cm³/mol. The summed E-state index contributed by atoms with van der Waals surface area (Å²) in [6.07, 6.45) is 2.09. The number of hydrogen-bond donors (Lipinski definition) is 0. The first-order valence-electron chi connectivity index (χ1n) is 3.72. The Kier molecular flexibility index (Phi) is 5.69.